The molecule has 0 amide bonds. The first-order valence-electron chi connectivity index (χ1n) is 17.5. The molecule has 7 N–H and O–H groups in total. The van der Waals surface area contributed by atoms with Crippen molar-refractivity contribution < 1.29 is 8.78 Å². The van der Waals surface area contributed by atoms with Crippen molar-refractivity contribution in [1.82, 2.24) is 29.6 Å². The minimum absolute atomic E-state index is 0.299. The van der Waals surface area contributed by atoms with E-state index < -0.39 is 0 Å². The fourth-order valence-electron chi connectivity index (χ4n) is 5.56. The van der Waals surface area contributed by atoms with Crippen LogP contribution in [0.1, 0.15) is 32.3 Å². The number of halogens is 2. The van der Waals surface area contributed by atoms with E-state index in [1.807, 2.05) is 55.5 Å². The van der Waals surface area contributed by atoms with Crippen molar-refractivity contribution in [3.8, 4) is 44.8 Å². The van der Waals surface area contributed by atoms with E-state index in [1.54, 1.807) is 30.1 Å². The van der Waals surface area contributed by atoms with Gasteiger partial charge in [-0.1, -0.05) is 55.8 Å². The van der Waals surface area contributed by atoms with Crippen LogP contribution in [0.3, 0.4) is 0 Å². The van der Waals surface area contributed by atoms with Gasteiger partial charge in [0, 0.05) is 40.4 Å². The third-order valence-electron chi connectivity index (χ3n) is 8.44. The number of anilines is 3. The number of benzene rings is 4. The van der Waals surface area contributed by atoms with Crippen LogP contribution >= 0.6 is 11.9 Å². The van der Waals surface area contributed by atoms with Gasteiger partial charge in [-0.2, -0.15) is 0 Å². The smallest absolute Gasteiger partial charge is 0.141 e. The zero-order chi connectivity index (χ0) is 37.7. The zero-order valence-electron chi connectivity index (χ0n) is 30.2. The van der Waals surface area contributed by atoms with Crippen molar-refractivity contribution >= 4 is 29.3 Å². The molecule has 274 valence electrons. The second-order valence-electron chi connectivity index (χ2n) is 12.3. The Balaban J connectivity index is 0.000000182. The first-order valence-corrected chi connectivity index (χ1v) is 18.3. The van der Waals surface area contributed by atoms with Crippen LogP contribution in [0.25, 0.3) is 44.8 Å². The minimum atomic E-state index is -0.377. The molecule has 53 heavy (non-hydrogen) atoms. The third kappa shape index (κ3) is 10.6. The lowest BCUT2D eigenvalue weighted by molar-refractivity contribution is 0.525. The summed E-state index contributed by atoms with van der Waals surface area (Å²) in [7, 11) is 0. The molecule has 12 heteroatoms. The van der Waals surface area contributed by atoms with E-state index >= 15 is 0 Å². The Morgan fingerprint density at radius 1 is 0.642 bits per heavy atom. The lowest BCUT2D eigenvalue weighted by Gasteiger charge is -2.19. The van der Waals surface area contributed by atoms with E-state index in [9.17, 15) is 8.78 Å². The summed E-state index contributed by atoms with van der Waals surface area (Å²) in [6.07, 6.45) is 8.55. The predicted octanol–water partition coefficient (Wildman–Crippen LogP) is 8.67. The third-order valence-corrected chi connectivity index (χ3v) is 9.77. The molecule has 0 aliphatic carbocycles. The molecule has 1 saturated heterocycles. The van der Waals surface area contributed by atoms with Gasteiger partial charge in [0.05, 0.1) is 36.2 Å². The number of nitrogens with one attached hydrogen (secondary N) is 1. The molecule has 2 aromatic heterocycles. The Bertz CT molecular complexity index is 2080. The molecule has 1 aliphatic rings. The van der Waals surface area contributed by atoms with Crippen molar-refractivity contribution in [3.63, 3.8) is 0 Å². The van der Waals surface area contributed by atoms with E-state index in [-0.39, 0.29) is 11.6 Å². The standard InChI is InChI=1S/C20H21FN4S.C17H15FN4.C4H9N/c1-3-25(4-2)26-19-8-6-5-7-15(19)14-9-10-16(17(21)11-14)18-12-24-20(22)13-23-18;1-10-2-5-15(19)13(6-10)11-3-4-12(14(18)7-11)16-8-22-17(20)9-21-16;1-2-4-5-3-1/h5-13H,3-4H2,1-2H3,(H2,22,24);2-9H,19H2,1H3,(H2,20,22);5H,1-4H2. The molecule has 7 rings (SSSR count). The van der Waals surface area contributed by atoms with E-state index in [0.717, 1.165) is 45.8 Å². The summed E-state index contributed by atoms with van der Waals surface area (Å²) >= 11 is 1.69. The van der Waals surface area contributed by atoms with Crippen LogP contribution in [0.15, 0.2) is 109 Å². The van der Waals surface area contributed by atoms with Crippen LogP contribution in [0, 0.1) is 18.6 Å². The van der Waals surface area contributed by atoms with Gasteiger partial charge in [0.25, 0.3) is 0 Å². The number of nitrogens with two attached hydrogens (primary N) is 3. The Morgan fingerprint density at radius 2 is 1.19 bits per heavy atom. The highest BCUT2D eigenvalue weighted by Crippen LogP contribution is 2.35. The molecule has 0 atom stereocenters. The first kappa shape index (κ1) is 38.8. The van der Waals surface area contributed by atoms with Crippen molar-refractivity contribution in [2.45, 2.75) is 38.5 Å². The number of nitrogens with zero attached hydrogens (tertiary/aromatic N) is 5. The quantitative estimate of drug-likeness (QED) is 0.0886. The molecular weight excluding hydrogens is 689 g/mol. The molecule has 9 nitrogen and oxygen atoms in total. The molecular formula is C41H45F2N9S. The van der Waals surface area contributed by atoms with Gasteiger partial charge in [0.1, 0.15) is 23.3 Å². The summed E-state index contributed by atoms with van der Waals surface area (Å²) in [5.74, 6) is -0.0943. The first-order chi connectivity index (χ1) is 25.7. The SMILES string of the molecule is C1CCNC1.CCN(CC)Sc1ccccc1-c1ccc(-c2cnc(N)cn2)c(F)c1.Cc1ccc(N)c(-c2ccc(-c3cnc(N)cn3)c(F)c2)c1. The Kier molecular flexibility index (Phi) is 13.8. The van der Waals surface area contributed by atoms with Crippen LogP contribution in [0.5, 0.6) is 0 Å². The summed E-state index contributed by atoms with van der Waals surface area (Å²) in [5, 5.41) is 3.22. The van der Waals surface area contributed by atoms with Crippen LogP contribution in [0.4, 0.5) is 26.1 Å². The van der Waals surface area contributed by atoms with Crippen molar-refractivity contribution in [1.29, 1.82) is 0 Å². The molecule has 0 spiro atoms. The summed E-state index contributed by atoms with van der Waals surface area (Å²) in [6, 6.07) is 23.9. The predicted molar refractivity (Wildman–Crippen MR) is 215 cm³/mol. The van der Waals surface area contributed by atoms with Gasteiger partial charge in [0.2, 0.25) is 0 Å². The van der Waals surface area contributed by atoms with E-state index in [2.05, 4.69) is 49.5 Å². The molecule has 0 saturated carbocycles. The summed E-state index contributed by atoms with van der Waals surface area (Å²) < 4.78 is 31.4. The second-order valence-corrected chi connectivity index (χ2v) is 13.4. The van der Waals surface area contributed by atoms with Crippen LogP contribution in [-0.4, -0.2) is 50.4 Å². The van der Waals surface area contributed by atoms with E-state index in [1.165, 1.54) is 56.8 Å². The van der Waals surface area contributed by atoms with Crippen LogP contribution < -0.4 is 22.5 Å². The lowest BCUT2D eigenvalue weighted by atomic mass is 9.99. The van der Waals surface area contributed by atoms with Crippen molar-refractivity contribution in [3.05, 3.63) is 121 Å². The Morgan fingerprint density at radius 3 is 1.66 bits per heavy atom. The normalized spacial score (nSPS) is 12.1. The maximum Gasteiger partial charge on any atom is 0.141 e. The molecule has 0 bridgehead atoms. The number of aromatic nitrogens is 4. The summed E-state index contributed by atoms with van der Waals surface area (Å²) in [4.78, 5) is 17.3. The topological polar surface area (TPSA) is 145 Å². The lowest BCUT2D eigenvalue weighted by Crippen LogP contribution is -2.13. The van der Waals surface area contributed by atoms with E-state index in [0.29, 0.717) is 39.8 Å². The average Bonchev–Trinajstić information content (AvgIpc) is 3.77. The fraction of sp³-hybridized carbons (Fsp3) is 0.220. The van der Waals surface area contributed by atoms with Crippen molar-refractivity contribution in [2.24, 2.45) is 0 Å². The van der Waals surface area contributed by atoms with Gasteiger partial charge in [-0.25, -0.2) is 23.1 Å². The second kappa shape index (κ2) is 18.9. The molecule has 1 fully saturated rings. The maximum atomic E-state index is 14.7. The Hall–Kier alpha value is -5.43. The number of nitrogen functional groups attached to an aromatic ring is 3. The van der Waals surface area contributed by atoms with Gasteiger partial charge < -0.3 is 22.5 Å². The molecule has 4 aromatic carbocycles. The van der Waals surface area contributed by atoms with Gasteiger partial charge in [-0.15, -0.1) is 0 Å². The fourth-order valence-corrected chi connectivity index (χ4v) is 6.52. The number of rotatable bonds is 8. The summed E-state index contributed by atoms with van der Waals surface area (Å²) in [6.45, 7) is 10.6. The highest BCUT2D eigenvalue weighted by Gasteiger charge is 2.14. The molecule has 0 unspecified atom stereocenters. The minimum Gasteiger partial charge on any atom is -0.398 e. The number of aryl methyl sites for hydroxylation is 1. The highest BCUT2D eigenvalue weighted by atomic mass is 32.2. The highest BCUT2D eigenvalue weighted by molar-refractivity contribution is 7.97. The van der Waals surface area contributed by atoms with E-state index in [4.69, 9.17) is 17.2 Å². The summed E-state index contributed by atoms with van der Waals surface area (Å²) in [5.41, 5.74) is 23.8. The molecule has 3 heterocycles. The van der Waals surface area contributed by atoms with Gasteiger partial charge in [-0.3, -0.25) is 9.97 Å². The monoisotopic (exact) mass is 733 g/mol. The largest absolute Gasteiger partial charge is 0.398 e. The number of hydrogen-bond acceptors (Lipinski definition) is 10. The van der Waals surface area contributed by atoms with Crippen LogP contribution in [-0.2, 0) is 0 Å². The number of hydrogen-bond donors (Lipinski definition) is 4. The maximum absolute atomic E-state index is 14.7. The van der Waals surface area contributed by atoms with Gasteiger partial charge in [-0.05, 0) is 104 Å². The molecule has 1 aliphatic heterocycles. The zero-order valence-corrected chi connectivity index (χ0v) is 31.0. The molecule has 6 aromatic rings. The van der Waals surface area contributed by atoms with Gasteiger partial charge in [0.15, 0.2) is 0 Å². The Labute approximate surface area is 314 Å². The molecule has 0 radical (unpaired) electrons. The van der Waals surface area contributed by atoms with Crippen LogP contribution in [0.2, 0.25) is 0 Å². The van der Waals surface area contributed by atoms with Crippen molar-refractivity contribution in [2.75, 3.05) is 43.4 Å². The van der Waals surface area contributed by atoms with Gasteiger partial charge >= 0.3 is 0 Å². The average molecular weight is 734 g/mol.